The van der Waals surface area contributed by atoms with Crippen LogP contribution >= 0.6 is 0 Å². The van der Waals surface area contributed by atoms with Crippen LogP contribution in [0.15, 0.2) is 5.18 Å². The molecule has 0 saturated carbocycles. The zero-order valence-electron chi connectivity index (χ0n) is 9.39. The van der Waals surface area contributed by atoms with Crippen LogP contribution in [0.3, 0.4) is 0 Å². The van der Waals surface area contributed by atoms with E-state index in [1.807, 2.05) is 0 Å². The lowest BCUT2D eigenvalue weighted by Crippen LogP contribution is -2.53. The third kappa shape index (κ3) is 4.65. The SMILES string of the molecule is CC(N=O)OC(=O)[C@](N)(CO)CCCCN. The highest BCUT2D eigenvalue weighted by atomic mass is 16.6. The summed E-state index contributed by atoms with van der Waals surface area (Å²) < 4.78 is 4.65. The van der Waals surface area contributed by atoms with E-state index in [0.717, 1.165) is 0 Å². The molecule has 0 bridgehead atoms. The van der Waals surface area contributed by atoms with Crippen molar-refractivity contribution < 1.29 is 14.6 Å². The Bertz CT molecular complexity index is 237. The van der Waals surface area contributed by atoms with Crippen LogP contribution in [0.5, 0.6) is 0 Å². The van der Waals surface area contributed by atoms with Crippen LogP contribution in [0.1, 0.15) is 26.2 Å². The van der Waals surface area contributed by atoms with Gasteiger partial charge in [0.15, 0.2) is 0 Å². The summed E-state index contributed by atoms with van der Waals surface area (Å²) in [4.78, 5) is 21.6. The number of carbonyl (C=O) groups excluding carboxylic acids is 1. The molecule has 0 radical (unpaired) electrons. The van der Waals surface area contributed by atoms with Crippen LogP contribution in [0.25, 0.3) is 0 Å². The van der Waals surface area contributed by atoms with Gasteiger partial charge in [0.05, 0.1) is 6.61 Å². The van der Waals surface area contributed by atoms with Gasteiger partial charge in [-0.25, -0.2) is 4.79 Å². The number of rotatable bonds is 8. The first-order chi connectivity index (χ1) is 7.50. The van der Waals surface area contributed by atoms with Crippen LogP contribution < -0.4 is 11.5 Å². The second-order valence-electron chi connectivity index (χ2n) is 3.67. The molecule has 5 N–H and O–H groups in total. The minimum Gasteiger partial charge on any atom is -0.435 e. The van der Waals surface area contributed by atoms with E-state index in [4.69, 9.17) is 16.6 Å². The molecule has 0 aromatic carbocycles. The minimum absolute atomic E-state index is 0.255. The molecular formula is C9H19N3O4. The number of carbonyl (C=O) groups is 1. The van der Waals surface area contributed by atoms with E-state index in [2.05, 4.69) is 9.91 Å². The number of aliphatic hydroxyl groups excluding tert-OH is 1. The average Bonchev–Trinajstić information content (AvgIpc) is 2.28. The normalized spacial score (nSPS) is 16.2. The summed E-state index contributed by atoms with van der Waals surface area (Å²) in [6.07, 6.45) is 0.459. The summed E-state index contributed by atoms with van der Waals surface area (Å²) in [6.45, 7) is 1.27. The Labute approximate surface area is 94.1 Å². The lowest BCUT2D eigenvalue weighted by Gasteiger charge is -2.25. The molecule has 0 heterocycles. The van der Waals surface area contributed by atoms with Gasteiger partial charge in [0.1, 0.15) is 5.54 Å². The van der Waals surface area contributed by atoms with Crippen molar-refractivity contribution in [1.82, 2.24) is 0 Å². The van der Waals surface area contributed by atoms with Crippen LogP contribution in [0.2, 0.25) is 0 Å². The second-order valence-corrected chi connectivity index (χ2v) is 3.67. The first-order valence-electron chi connectivity index (χ1n) is 5.13. The van der Waals surface area contributed by atoms with Crippen molar-refractivity contribution in [3.8, 4) is 0 Å². The van der Waals surface area contributed by atoms with E-state index in [9.17, 15) is 9.70 Å². The van der Waals surface area contributed by atoms with E-state index in [1.54, 1.807) is 0 Å². The Morgan fingerprint density at radius 2 is 2.19 bits per heavy atom. The molecule has 2 atom stereocenters. The molecule has 0 aromatic rings. The molecule has 94 valence electrons. The van der Waals surface area contributed by atoms with Gasteiger partial charge in [-0.3, -0.25) is 0 Å². The molecule has 16 heavy (non-hydrogen) atoms. The summed E-state index contributed by atoms with van der Waals surface area (Å²) in [5.74, 6) is -0.820. The van der Waals surface area contributed by atoms with Gasteiger partial charge in [0.2, 0.25) is 6.23 Å². The monoisotopic (exact) mass is 233 g/mol. The Kier molecular flexibility index (Phi) is 6.78. The molecule has 0 saturated heterocycles. The van der Waals surface area contributed by atoms with Gasteiger partial charge in [0.25, 0.3) is 0 Å². The highest BCUT2D eigenvalue weighted by Crippen LogP contribution is 2.14. The summed E-state index contributed by atoms with van der Waals surface area (Å²) in [5, 5.41) is 11.6. The van der Waals surface area contributed by atoms with Crippen molar-refractivity contribution in [1.29, 1.82) is 0 Å². The zero-order chi connectivity index (χ0) is 12.6. The maximum atomic E-state index is 11.5. The number of nitrogens with zero attached hydrogens (tertiary/aromatic N) is 1. The summed E-state index contributed by atoms with van der Waals surface area (Å²) >= 11 is 0. The fourth-order valence-electron chi connectivity index (χ4n) is 1.12. The minimum atomic E-state index is -1.48. The molecule has 7 nitrogen and oxygen atoms in total. The van der Waals surface area contributed by atoms with Gasteiger partial charge in [-0.15, -0.1) is 4.91 Å². The molecule has 0 amide bonds. The third-order valence-electron chi connectivity index (χ3n) is 2.19. The summed E-state index contributed by atoms with van der Waals surface area (Å²) in [6, 6.07) is 0. The summed E-state index contributed by atoms with van der Waals surface area (Å²) in [5.41, 5.74) is 9.50. The van der Waals surface area contributed by atoms with E-state index < -0.39 is 24.3 Å². The third-order valence-corrected chi connectivity index (χ3v) is 2.19. The first kappa shape index (κ1) is 14.9. The Balaban J connectivity index is 4.31. The van der Waals surface area contributed by atoms with E-state index >= 15 is 0 Å². The van der Waals surface area contributed by atoms with E-state index in [1.165, 1.54) is 6.92 Å². The van der Waals surface area contributed by atoms with Crippen molar-refractivity contribution in [2.24, 2.45) is 16.6 Å². The van der Waals surface area contributed by atoms with Crippen LogP contribution in [0, 0.1) is 4.91 Å². The molecule has 0 aromatic heterocycles. The fraction of sp³-hybridized carbons (Fsp3) is 0.889. The molecule has 1 unspecified atom stereocenters. The predicted molar refractivity (Wildman–Crippen MR) is 58.3 cm³/mol. The van der Waals surface area contributed by atoms with Crippen LogP contribution in [-0.4, -0.2) is 36.0 Å². The van der Waals surface area contributed by atoms with Crippen molar-refractivity contribution in [2.45, 2.75) is 38.0 Å². The molecule has 0 aliphatic rings. The number of nitroso groups, excluding NO2 is 1. The van der Waals surface area contributed by atoms with Crippen molar-refractivity contribution in [3.05, 3.63) is 4.91 Å². The van der Waals surface area contributed by atoms with Crippen LogP contribution in [-0.2, 0) is 9.53 Å². The first-order valence-corrected chi connectivity index (χ1v) is 5.13. The van der Waals surface area contributed by atoms with Crippen molar-refractivity contribution in [2.75, 3.05) is 13.2 Å². The number of hydrogen-bond acceptors (Lipinski definition) is 7. The molecule has 0 aliphatic carbocycles. The maximum Gasteiger partial charge on any atom is 0.330 e. The van der Waals surface area contributed by atoms with Gasteiger partial charge in [-0.2, -0.15) is 0 Å². The largest absolute Gasteiger partial charge is 0.435 e. The van der Waals surface area contributed by atoms with Gasteiger partial charge >= 0.3 is 5.97 Å². The highest BCUT2D eigenvalue weighted by molar-refractivity contribution is 5.80. The molecule has 0 spiro atoms. The topological polar surface area (TPSA) is 128 Å². The number of aliphatic hydroxyl groups is 1. The Hall–Kier alpha value is -1.05. The smallest absolute Gasteiger partial charge is 0.330 e. The molecule has 0 fully saturated rings. The van der Waals surface area contributed by atoms with Crippen LogP contribution in [0.4, 0.5) is 0 Å². The molecule has 0 aliphatic heterocycles. The highest BCUT2D eigenvalue weighted by Gasteiger charge is 2.35. The van der Waals surface area contributed by atoms with Crippen molar-refractivity contribution >= 4 is 5.97 Å². The van der Waals surface area contributed by atoms with Gasteiger partial charge in [-0.1, -0.05) is 0 Å². The van der Waals surface area contributed by atoms with Gasteiger partial charge in [-0.05, 0) is 37.9 Å². The quantitative estimate of drug-likeness (QED) is 0.293. The van der Waals surface area contributed by atoms with Crippen molar-refractivity contribution in [3.63, 3.8) is 0 Å². The van der Waals surface area contributed by atoms with E-state index in [0.29, 0.717) is 19.4 Å². The number of ether oxygens (including phenoxy) is 1. The van der Waals surface area contributed by atoms with E-state index in [-0.39, 0.29) is 6.42 Å². The van der Waals surface area contributed by atoms with Gasteiger partial charge < -0.3 is 21.3 Å². The average molecular weight is 233 g/mol. The summed E-state index contributed by atoms with van der Waals surface area (Å²) in [7, 11) is 0. The van der Waals surface area contributed by atoms with Gasteiger partial charge in [0, 0.05) is 0 Å². The predicted octanol–water partition coefficient (Wildman–Crippen LogP) is -0.539. The number of hydrogen-bond donors (Lipinski definition) is 3. The molecule has 0 rings (SSSR count). The standard InChI is InChI=1S/C9H19N3O4/c1-7(12-15)16-8(14)9(11,6-13)4-2-3-5-10/h7,13H,2-6,10-11H2,1H3/t7?,9-/m1/s1. The zero-order valence-corrected chi connectivity index (χ0v) is 9.39. The second kappa shape index (κ2) is 7.26. The Morgan fingerprint density at radius 3 is 2.62 bits per heavy atom. The number of unbranched alkanes of at least 4 members (excludes halogenated alkanes) is 1. The molecule has 7 heteroatoms. The lowest BCUT2D eigenvalue weighted by atomic mass is 9.95. The number of nitrogens with two attached hydrogens (primary N) is 2. The fourth-order valence-corrected chi connectivity index (χ4v) is 1.12. The lowest BCUT2D eigenvalue weighted by molar-refractivity contribution is -0.156. The Morgan fingerprint density at radius 1 is 1.56 bits per heavy atom. The maximum absolute atomic E-state index is 11.5. The number of esters is 1. The molecular weight excluding hydrogens is 214 g/mol.